The maximum Gasteiger partial charge on any atom is 0.211 e. The Morgan fingerprint density at radius 3 is 2.72 bits per heavy atom. The summed E-state index contributed by atoms with van der Waals surface area (Å²) in [6, 6.07) is 2.20. The Morgan fingerprint density at radius 2 is 1.92 bits per heavy atom. The Morgan fingerprint density at radius 1 is 1.12 bits per heavy atom. The van der Waals surface area contributed by atoms with Gasteiger partial charge in [0.2, 0.25) is 5.95 Å². The summed E-state index contributed by atoms with van der Waals surface area (Å²) in [5.41, 5.74) is 12.7. The molecule has 4 heterocycles. The molecule has 0 aromatic carbocycles. The molecule has 9 heteroatoms. The van der Waals surface area contributed by atoms with Gasteiger partial charge in [-0.15, -0.1) is 0 Å². The van der Waals surface area contributed by atoms with E-state index in [4.69, 9.17) is 23.1 Å². The van der Waals surface area contributed by atoms with Crippen molar-refractivity contribution in [2.45, 2.75) is 15.8 Å². The van der Waals surface area contributed by atoms with E-state index < -0.39 is 0 Å². The second-order valence-electron chi connectivity index (χ2n) is 6.46. The molecule has 1 saturated heterocycles. The molecule has 0 radical (unpaired) electrons. The number of rotatable bonds is 3. The van der Waals surface area contributed by atoms with E-state index in [9.17, 15) is 0 Å². The number of piperidine rings is 1. The molecule has 0 amide bonds. The van der Waals surface area contributed by atoms with Crippen molar-refractivity contribution in [3.63, 3.8) is 0 Å². The zero-order valence-corrected chi connectivity index (χ0v) is 14.8. The SMILES string of the molecule is Nc1nccc(Sc2cnc(N3C[C@@H]4C(N)[C@@H]4C3)n3ccnc23)c1Cl. The van der Waals surface area contributed by atoms with Crippen LogP contribution in [-0.4, -0.2) is 38.5 Å². The van der Waals surface area contributed by atoms with Crippen LogP contribution < -0.4 is 16.4 Å². The number of fused-ring (bicyclic) bond motifs is 2. The van der Waals surface area contributed by atoms with Gasteiger partial charge in [-0.25, -0.2) is 15.0 Å². The molecule has 1 aliphatic carbocycles. The second kappa shape index (κ2) is 5.48. The lowest BCUT2D eigenvalue weighted by Crippen LogP contribution is -2.30. The van der Waals surface area contributed by atoms with E-state index in [1.807, 2.05) is 22.9 Å². The molecule has 3 aromatic rings. The van der Waals surface area contributed by atoms with Gasteiger partial charge in [0.15, 0.2) is 5.65 Å². The summed E-state index contributed by atoms with van der Waals surface area (Å²) >= 11 is 7.75. The molecule has 1 unspecified atom stereocenters. The van der Waals surface area contributed by atoms with E-state index in [0.29, 0.717) is 28.7 Å². The largest absolute Gasteiger partial charge is 0.382 e. The summed E-state index contributed by atoms with van der Waals surface area (Å²) in [5, 5.41) is 0.454. The molecular formula is C16H16ClN7S. The third-order valence-corrected chi connectivity index (χ3v) is 6.59. The average molecular weight is 374 g/mol. The van der Waals surface area contributed by atoms with Gasteiger partial charge in [-0.3, -0.25) is 4.40 Å². The number of anilines is 2. The number of pyridine rings is 1. The van der Waals surface area contributed by atoms with Gasteiger partial charge in [0.25, 0.3) is 0 Å². The first kappa shape index (κ1) is 15.2. The predicted molar refractivity (Wildman–Crippen MR) is 97.9 cm³/mol. The van der Waals surface area contributed by atoms with Crippen LogP contribution in [0, 0.1) is 11.8 Å². The molecule has 7 nitrogen and oxygen atoms in total. The average Bonchev–Trinajstić information content (AvgIpc) is 3.06. The number of hydrogen-bond donors (Lipinski definition) is 2. The van der Waals surface area contributed by atoms with Crippen molar-refractivity contribution in [1.82, 2.24) is 19.4 Å². The molecule has 1 aliphatic heterocycles. The standard InChI is InChI=1S/C16H16ClN7S/c17-12-10(1-2-20-14(12)19)25-11-5-22-16(24-4-3-21-15(11)24)23-6-8-9(7-23)13(8)18/h1-5,8-9,13H,6-7,18H2,(H2,19,20)/t8-,9+,13?. The van der Waals surface area contributed by atoms with E-state index in [0.717, 1.165) is 34.5 Å². The summed E-state index contributed by atoms with van der Waals surface area (Å²) in [6.07, 6.45) is 7.22. The Labute approximate surface area is 153 Å². The van der Waals surface area contributed by atoms with Crippen LogP contribution in [0.3, 0.4) is 0 Å². The molecule has 2 aliphatic rings. The van der Waals surface area contributed by atoms with E-state index in [1.165, 1.54) is 11.8 Å². The van der Waals surface area contributed by atoms with Crippen molar-refractivity contribution in [1.29, 1.82) is 0 Å². The number of aromatic nitrogens is 4. The topological polar surface area (TPSA) is 98.4 Å². The van der Waals surface area contributed by atoms with Crippen molar-refractivity contribution in [2.75, 3.05) is 23.7 Å². The summed E-state index contributed by atoms with van der Waals surface area (Å²) in [7, 11) is 0. The predicted octanol–water partition coefficient (Wildman–Crippen LogP) is 1.90. The van der Waals surface area contributed by atoms with Crippen LogP contribution >= 0.6 is 23.4 Å². The van der Waals surface area contributed by atoms with Crippen LogP contribution in [0.4, 0.5) is 11.8 Å². The molecule has 25 heavy (non-hydrogen) atoms. The summed E-state index contributed by atoms with van der Waals surface area (Å²) in [6.45, 7) is 1.93. The maximum absolute atomic E-state index is 6.26. The van der Waals surface area contributed by atoms with E-state index >= 15 is 0 Å². The molecule has 0 bridgehead atoms. The minimum absolute atomic E-state index is 0.322. The van der Waals surface area contributed by atoms with Crippen molar-refractivity contribution >= 4 is 40.8 Å². The fourth-order valence-corrected chi connectivity index (χ4v) is 4.70. The van der Waals surface area contributed by atoms with Crippen molar-refractivity contribution in [3.8, 4) is 0 Å². The third kappa shape index (κ3) is 2.36. The van der Waals surface area contributed by atoms with Gasteiger partial charge in [-0.1, -0.05) is 23.4 Å². The zero-order valence-electron chi connectivity index (χ0n) is 13.2. The third-order valence-electron chi connectivity index (χ3n) is 5.02. The summed E-state index contributed by atoms with van der Waals surface area (Å²) in [5.74, 6) is 2.45. The molecule has 3 aromatic heterocycles. The van der Waals surface area contributed by atoms with E-state index in [1.54, 1.807) is 12.4 Å². The highest BCUT2D eigenvalue weighted by Gasteiger charge is 2.54. The molecule has 5 rings (SSSR count). The molecule has 0 spiro atoms. The fourth-order valence-electron chi connectivity index (χ4n) is 3.56. The number of nitrogen functional groups attached to an aromatic ring is 1. The quantitative estimate of drug-likeness (QED) is 0.723. The van der Waals surface area contributed by atoms with Gasteiger partial charge in [-0.2, -0.15) is 0 Å². The Kier molecular flexibility index (Phi) is 3.34. The number of imidazole rings is 1. The van der Waals surface area contributed by atoms with Gasteiger partial charge in [0.05, 0.1) is 9.92 Å². The minimum Gasteiger partial charge on any atom is -0.382 e. The fraction of sp³-hybridized carbons (Fsp3) is 0.312. The Hall–Kier alpha value is -2.03. The first-order valence-corrected chi connectivity index (χ1v) is 9.23. The molecule has 128 valence electrons. The highest BCUT2D eigenvalue weighted by atomic mass is 35.5. The van der Waals surface area contributed by atoms with E-state index in [-0.39, 0.29) is 0 Å². The summed E-state index contributed by atoms with van der Waals surface area (Å²) in [4.78, 5) is 17.2. The minimum atomic E-state index is 0.322. The van der Waals surface area contributed by atoms with Crippen molar-refractivity contribution in [2.24, 2.45) is 17.6 Å². The lowest BCUT2D eigenvalue weighted by atomic mass is 10.4. The second-order valence-corrected chi connectivity index (χ2v) is 7.93. The molecular weight excluding hydrogens is 358 g/mol. The smallest absolute Gasteiger partial charge is 0.211 e. The van der Waals surface area contributed by atoms with Crippen molar-refractivity contribution in [3.05, 3.63) is 35.9 Å². The number of nitrogens with zero attached hydrogens (tertiary/aromatic N) is 5. The molecule has 1 saturated carbocycles. The maximum atomic E-state index is 6.26. The van der Waals surface area contributed by atoms with Crippen LogP contribution in [0.5, 0.6) is 0 Å². The lowest BCUT2D eigenvalue weighted by Gasteiger charge is -2.21. The lowest BCUT2D eigenvalue weighted by molar-refractivity contribution is 0.718. The van der Waals surface area contributed by atoms with Gasteiger partial charge in [-0.05, 0) is 17.9 Å². The highest BCUT2D eigenvalue weighted by Crippen LogP contribution is 2.45. The zero-order chi connectivity index (χ0) is 17.1. The Balaban J connectivity index is 1.50. The monoisotopic (exact) mass is 373 g/mol. The van der Waals surface area contributed by atoms with Crippen LogP contribution in [0.25, 0.3) is 5.65 Å². The molecule has 2 fully saturated rings. The van der Waals surface area contributed by atoms with Gasteiger partial charge in [0.1, 0.15) is 5.82 Å². The first-order valence-electron chi connectivity index (χ1n) is 8.04. The van der Waals surface area contributed by atoms with Crippen LogP contribution in [0.15, 0.2) is 40.6 Å². The van der Waals surface area contributed by atoms with Gasteiger partial charge < -0.3 is 16.4 Å². The van der Waals surface area contributed by atoms with Crippen LogP contribution in [0.2, 0.25) is 5.02 Å². The number of halogens is 1. The van der Waals surface area contributed by atoms with Crippen LogP contribution in [-0.2, 0) is 0 Å². The number of nitrogens with two attached hydrogens (primary N) is 2. The molecule has 4 N–H and O–H groups in total. The molecule has 3 atom stereocenters. The van der Waals surface area contributed by atoms with Crippen molar-refractivity contribution < 1.29 is 0 Å². The normalized spacial score (nSPS) is 24.7. The van der Waals surface area contributed by atoms with E-state index in [2.05, 4.69) is 19.9 Å². The Bertz CT molecular complexity index is 962. The first-order chi connectivity index (χ1) is 12.1. The van der Waals surface area contributed by atoms with Crippen LogP contribution in [0.1, 0.15) is 0 Å². The van der Waals surface area contributed by atoms with Gasteiger partial charge >= 0.3 is 0 Å². The van der Waals surface area contributed by atoms with Gasteiger partial charge in [0, 0.05) is 48.8 Å². The number of hydrogen-bond acceptors (Lipinski definition) is 7. The highest BCUT2D eigenvalue weighted by molar-refractivity contribution is 7.99. The summed E-state index contributed by atoms with van der Waals surface area (Å²) < 4.78 is 2.02.